The molecule has 0 aromatic carbocycles. The van der Waals surface area contributed by atoms with Gasteiger partial charge in [-0.3, -0.25) is 0 Å². The lowest BCUT2D eigenvalue weighted by atomic mass is 10.2. The van der Waals surface area contributed by atoms with Crippen molar-refractivity contribution in [2.24, 2.45) is 0 Å². The number of hydrogen-bond donors (Lipinski definition) is 0. The summed E-state index contributed by atoms with van der Waals surface area (Å²) in [4.78, 5) is 0. The first-order valence-electron chi connectivity index (χ1n) is 4.53. The van der Waals surface area contributed by atoms with Crippen LogP contribution in [-0.4, -0.2) is 10.2 Å². The van der Waals surface area contributed by atoms with Crippen molar-refractivity contribution >= 4 is 5.57 Å². The molecule has 1 aliphatic carbocycles. The Kier molecular flexibility index (Phi) is 2.25. The molecule has 0 bridgehead atoms. The van der Waals surface area contributed by atoms with Crippen LogP contribution in [0.5, 0.6) is 0 Å². The number of allylic oxidation sites excluding steroid dienone is 4. The van der Waals surface area contributed by atoms with Gasteiger partial charge in [-0.15, -0.1) is 10.2 Å². The van der Waals surface area contributed by atoms with Gasteiger partial charge in [0.15, 0.2) is 0 Å². The van der Waals surface area contributed by atoms with Gasteiger partial charge in [0.1, 0.15) is 0 Å². The first kappa shape index (κ1) is 8.23. The smallest absolute Gasteiger partial charge is 0.247 e. The van der Waals surface area contributed by atoms with Crippen LogP contribution in [0.2, 0.25) is 0 Å². The molecule has 0 fully saturated rings. The van der Waals surface area contributed by atoms with Gasteiger partial charge in [0.05, 0.1) is 0 Å². The Bertz CT molecular complexity index is 350. The van der Waals surface area contributed by atoms with Gasteiger partial charge in [-0.25, -0.2) is 0 Å². The molecular formula is C10H12N2O. The van der Waals surface area contributed by atoms with Crippen molar-refractivity contribution < 1.29 is 4.42 Å². The van der Waals surface area contributed by atoms with Gasteiger partial charge < -0.3 is 4.42 Å². The highest BCUT2D eigenvalue weighted by molar-refractivity contribution is 5.68. The summed E-state index contributed by atoms with van der Waals surface area (Å²) in [5.74, 6) is 1.25. The molecule has 3 nitrogen and oxygen atoms in total. The lowest BCUT2D eigenvalue weighted by Crippen LogP contribution is -1.79. The van der Waals surface area contributed by atoms with Gasteiger partial charge in [-0.05, 0) is 19.3 Å². The molecule has 2 rings (SSSR count). The number of aryl methyl sites for hydroxylation is 1. The van der Waals surface area contributed by atoms with Crippen molar-refractivity contribution in [3.05, 3.63) is 30.0 Å². The van der Waals surface area contributed by atoms with Crippen LogP contribution in [0.4, 0.5) is 0 Å². The second-order valence-corrected chi connectivity index (χ2v) is 3.12. The molecule has 0 radical (unpaired) electrons. The molecule has 1 aromatic rings. The Balaban J connectivity index is 2.28. The Morgan fingerprint density at radius 3 is 3.00 bits per heavy atom. The predicted octanol–water partition coefficient (Wildman–Crippen LogP) is 2.50. The van der Waals surface area contributed by atoms with Crippen LogP contribution in [0.1, 0.15) is 31.0 Å². The van der Waals surface area contributed by atoms with Crippen LogP contribution in [0.3, 0.4) is 0 Å². The largest absolute Gasteiger partial charge is 0.421 e. The van der Waals surface area contributed by atoms with E-state index in [4.69, 9.17) is 4.42 Å². The first-order valence-corrected chi connectivity index (χ1v) is 4.53. The molecule has 3 heteroatoms. The summed E-state index contributed by atoms with van der Waals surface area (Å²) in [5, 5.41) is 7.78. The number of nitrogens with zero attached hydrogens (tertiary/aromatic N) is 2. The lowest BCUT2D eigenvalue weighted by Gasteiger charge is -1.91. The average Bonchev–Trinajstić information content (AvgIpc) is 2.43. The summed E-state index contributed by atoms with van der Waals surface area (Å²) in [7, 11) is 0. The first-order chi connectivity index (χ1) is 6.36. The zero-order valence-electron chi connectivity index (χ0n) is 7.66. The molecule has 0 aliphatic heterocycles. The Morgan fingerprint density at radius 1 is 1.31 bits per heavy atom. The molecule has 68 valence electrons. The molecule has 1 aliphatic rings. The van der Waals surface area contributed by atoms with Gasteiger partial charge in [-0.1, -0.05) is 18.2 Å². The molecule has 0 atom stereocenters. The Hall–Kier alpha value is -1.38. The highest BCUT2D eigenvalue weighted by Gasteiger charge is 2.06. The number of hydrogen-bond acceptors (Lipinski definition) is 3. The minimum absolute atomic E-state index is 0.619. The van der Waals surface area contributed by atoms with Crippen molar-refractivity contribution in [2.75, 3.05) is 0 Å². The topological polar surface area (TPSA) is 38.9 Å². The van der Waals surface area contributed by atoms with Crippen LogP contribution in [0.25, 0.3) is 5.57 Å². The highest BCUT2D eigenvalue weighted by atomic mass is 16.4. The molecule has 0 N–H and O–H groups in total. The lowest BCUT2D eigenvalue weighted by molar-refractivity contribution is 0.507. The normalized spacial score (nSPS) is 16.8. The fourth-order valence-electron chi connectivity index (χ4n) is 1.34. The van der Waals surface area contributed by atoms with Gasteiger partial charge in [0.2, 0.25) is 11.8 Å². The summed E-state index contributed by atoms with van der Waals surface area (Å²) >= 11 is 0. The Morgan fingerprint density at radius 2 is 2.23 bits per heavy atom. The van der Waals surface area contributed by atoms with E-state index >= 15 is 0 Å². The predicted molar refractivity (Wildman–Crippen MR) is 50.0 cm³/mol. The third-order valence-corrected chi connectivity index (χ3v) is 2.01. The molecule has 1 heterocycles. The average molecular weight is 176 g/mol. The van der Waals surface area contributed by atoms with Crippen molar-refractivity contribution in [3.8, 4) is 0 Å². The monoisotopic (exact) mass is 176 g/mol. The third-order valence-electron chi connectivity index (χ3n) is 2.01. The van der Waals surface area contributed by atoms with Gasteiger partial charge in [0, 0.05) is 12.5 Å². The maximum absolute atomic E-state index is 5.34. The van der Waals surface area contributed by atoms with E-state index < -0.39 is 0 Å². The van der Waals surface area contributed by atoms with Crippen LogP contribution in [0, 0.1) is 6.92 Å². The summed E-state index contributed by atoms with van der Waals surface area (Å²) in [6.45, 7) is 1.80. The fraction of sp³-hybridized carbons (Fsp3) is 0.400. The van der Waals surface area contributed by atoms with E-state index in [2.05, 4.69) is 28.4 Å². The van der Waals surface area contributed by atoms with Crippen molar-refractivity contribution in [1.29, 1.82) is 0 Å². The van der Waals surface area contributed by atoms with Crippen LogP contribution in [0.15, 0.2) is 22.6 Å². The summed E-state index contributed by atoms with van der Waals surface area (Å²) < 4.78 is 5.34. The van der Waals surface area contributed by atoms with E-state index in [0.717, 1.165) is 18.4 Å². The second-order valence-electron chi connectivity index (χ2n) is 3.12. The Labute approximate surface area is 77.2 Å². The minimum Gasteiger partial charge on any atom is -0.421 e. The molecule has 0 saturated heterocycles. The highest BCUT2D eigenvalue weighted by Crippen LogP contribution is 2.19. The standard InChI is InChI=1S/C10H12N2O/c1-8-11-12-10(13-8)9-6-4-2-3-5-7-9/h4,6-7H,2-3,5H2,1H3. The van der Waals surface area contributed by atoms with E-state index in [1.165, 1.54) is 6.42 Å². The van der Waals surface area contributed by atoms with Crippen LogP contribution >= 0.6 is 0 Å². The molecule has 0 saturated carbocycles. The maximum Gasteiger partial charge on any atom is 0.247 e. The maximum atomic E-state index is 5.34. The van der Waals surface area contributed by atoms with Crippen molar-refractivity contribution in [2.45, 2.75) is 26.2 Å². The number of aromatic nitrogens is 2. The molecule has 0 amide bonds. The molecule has 0 spiro atoms. The van der Waals surface area contributed by atoms with E-state index in [9.17, 15) is 0 Å². The van der Waals surface area contributed by atoms with Crippen LogP contribution in [-0.2, 0) is 0 Å². The van der Waals surface area contributed by atoms with Gasteiger partial charge in [-0.2, -0.15) is 0 Å². The summed E-state index contributed by atoms with van der Waals surface area (Å²) in [5.41, 5.74) is 1.05. The van der Waals surface area contributed by atoms with Crippen molar-refractivity contribution in [1.82, 2.24) is 10.2 Å². The van der Waals surface area contributed by atoms with E-state index in [0.29, 0.717) is 11.8 Å². The van der Waals surface area contributed by atoms with Crippen molar-refractivity contribution in [3.63, 3.8) is 0 Å². The molecular weight excluding hydrogens is 164 g/mol. The molecule has 0 unspecified atom stereocenters. The van der Waals surface area contributed by atoms with E-state index in [1.54, 1.807) is 6.92 Å². The summed E-state index contributed by atoms with van der Waals surface area (Å²) in [6.07, 6.45) is 9.78. The van der Waals surface area contributed by atoms with E-state index in [1.807, 2.05) is 0 Å². The second kappa shape index (κ2) is 3.56. The minimum atomic E-state index is 0.619. The van der Waals surface area contributed by atoms with E-state index in [-0.39, 0.29) is 0 Å². The SMILES string of the molecule is Cc1nnc(C2=CCCCC=C2)o1. The van der Waals surface area contributed by atoms with Gasteiger partial charge >= 0.3 is 0 Å². The quantitative estimate of drug-likeness (QED) is 0.659. The van der Waals surface area contributed by atoms with Gasteiger partial charge in [0.25, 0.3) is 0 Å². The summed E-state index contributed by atoms with van der Waals surface area (Å²) in [6, 6.07) is 0. The molecule has 1 aromatic heterocycles. The van der Waals surface area contributed by atoms with Crippen LogP contribution < -0.4 is 0 Å². The fourth-order valence-corrected chi connectivity index (χ4v) is 1.34. The zero-order valence-corrected chi connectivity index (χ0v) is 7.66. The zero-order chi connectivity index (χ0) is 9.10. The number of rotatable bonds is 1. The molecule has 13 heavy (non-hydrogen) atoms. The third kappa shape index (κ3) is 1.86.